The summed E-state index contributed by atoms with van der Waals surface area (Å²) in [6.45, 7) is 4.97. The Morgan fingerprint density at radius 1 is 1.47 bits per heavy atom. The van der Waals surface area contributed by atoms with Crippen LogP contribution in [0.15, 0.2) is 0 Å². The van der Waals surface area contributed by atoms with Crippen LogP contribution in [-0.2, 0) is 14.6 Å². The Morgan fingerprint density at radius 3 is 2.63 bits per heavy atom. The number of amides is 1. The topological polar surface area (TPSA) is 86.7 Å². The van der Waals surface area contributed by atoms with Crippen molar-refractivity contribution < 1.29 is 18.3 Å². The van der Waals surface area contributed by atoms with Gasteiger partial charge in [0.05, 0.1) is 24.6 Å². The van der Waals surface area contributed by atoms with Crippen molar-refractivity contribution in [3.63, 3.8) is 0 Å². The predicted molar refractivity (Wildman–Crippen MR) is 71.4 cm³/mol. The molecule has 2 aliphatic heterocycles. The van der Waals surface area contributed by atoms with Crippen LogP contribution in [0.3, 0.4) is 0 Å². The third-order valence-electron chi connectivity index (χ3n) is 4.08. The van der Waals surface area contributed by atoms with Crippen molar-refractivity contribution in [2.24, 2.45) is 5.92 Å². The summed E-state index contributed by atoms with van der Waals surface area (Å²) in [6, 6.07) is -0.293. The molecule has 7 heteroatoms. The van der Waals surface area contributed by atoms with Crippen LogP contribution >= 0.6 is 0 Å². The molecule has 0 aromatic heterocycles. The summed E-state index contributed by atoms with van der Waals surface area (Å²) in [5.41, 5.74) is -0.776. The first-order chi connectivity index (χ1) is 8.72. The zero-order valence-corrected chi connectivity index (χ0v) is 12.2. The zero-order valence-electron chi connectivity index (χ0n) is 11.4. The Balaban J connectivity index is 1.83. The highest BCUT2D eigenvalue weighted by Crippen LogP contribution is 2.29. The van der Waals surface area contributed by atoms with E-state index in [4.69, 9.17) is 0 Å². The maximum atomic E-state index is 12.0. The monoisotopic (exact) mass is 290 g/mol. The van der Waals surface area contributed by atoms with Crippen LogP contribution in [0.1, 0.15) is 20.3 Å². The second kappa shape index (κ2) is 5.03. The molecular weight excluding hydrogens is 268 g/mol. The van der Waals surface area contributed by atoms with Crippen LogP contribution in [-0.4, -0.2) is 67.1 Å². The Morgan fingerprint density at radius 2 is 2.11 bits per heavy atom. The third-order valence-corrected chi connectivity index (χ3v) is 5.82. The van der Waals surface area contributed by atoms with Crippen molar-refractivity contribution in [2.45, 2.75) is 31.9 Å². The molecule has 0 radical (unpaired) electrons. The van der Waals surface area contributed by atoms with Crippen molar-refractivity contribution in [3.05, 3.63) is 0 Å². The number of aliphatic hydroxyl groups is 1. The van der Waals surface area contributed by atoms with E-state index < -0.39 is 15.4 Å². The van der Waals surface area contributed by atoms with Crippen LogP contribution in [0.4, 0.5) is 0 Å². The minimum Gasteiger partial charge on any atom is -0.386 e. The van der Waals surface area contributed by atoms with Crippen molar-refractivity contribution in [1.82, 2.24) is 10.2 Å². The highest BCUT2D eigenvalue weighted by Gasteiger charge is 2.46. The molecule has 19 heavy (non-hydrogen) atoms. The van der Waals surface area contributed by atoms with E-state index in [2.05, 4.69) is 5.32 Å². The van der Waals surface area contributed by atoms with Gasteiger partial charge in [0.2, 0.25) is 5.91 Å². The zero-order chi connectivity index (χ0) is 14.3. The summed E-state index contributed by atoms with van der Waals surface area (Å²) in [5, 5.41) is 13.2. The number of hydrogen-bond acceptors (Lipinski definition) is 5. The molecule has 2 rings (SSSR count). The van der Waals surface area contributed by atoms with Gasteiger partial charge >= 0.3 is 0 Å². The van der Waals surface area contributed by atoms with E-state index in [1.807, 2.05) is 13.8 Å². The van der Waals surface area contributed by atoms with Gasteiger partial charge in [0.15, 0.2) is 9.84 Å². The number of nitrogens with one attached hydrogen (secondary N) is 1. The Hall–Kier alpha value is -0.660. The highest BCUT2D eigenvalue weighted by atomic mass is 32.2. The van der Waals surface area contributed by atoms with E-state index >= 15 is 0 Å². The number of carbonyl (C=O) groups is 1. The second-order valence-electron chi connectivity index (χ2n) is 5.98. The van der Waals surface area contributed by atoms with Crippen molar-refractivity contribution >= 4 is 15.7 Å². The minimum atomic E-state index is -3.01. The van der Waals surface area contributed by atoms with Gasteiger partial charge in [0.1, 0.15) is 5.60 Å². The molecule has 110 valence electrons. The molecule has 1 atom stereocenters. The van der Waals surface area contributed by atoms with Crippen LogP contribution in [0.25, 0.3) is 0 Å². The van der Waals surface area contributed by atoms with Crippen molar-refractivity contribution in [1.29, 1.82) is 0 Å². The minimum absolute atomic E-state index is 0.0288. The molecule has 2 aliphatic rings. The number of sulfone groups is 1. The molecule has 6 nitrogen and oxygen atoms in total. The molecule has 2 N–H and O–H groups in total. The Bertz CT molecular complexity index is 454. The smallest absolute Gasteiger partial charge is 0.224 e. The molecule has 2 saturated heterocycles. The molecule has 0 aliphatic carbocycles. The normalized spacial score (nSPS) is 29.1. The number of likely N-dealkylation sites (tertiary alicyclic amines) is 1. The molecule has 0 aromatic rings. The standard InChI is InChI=1S/C12H22N2O4S/c1-9(2)12(16)7-14(8-12)11(15)5-10-6-19(17,18)4-3-13-10/h9-10,13,16H,3-8H2,1-2H3. The molecule has 2 fully saturated rings. The third kappa shape index (κ3) is 3.27. The Kier molecular flexibility index (Phi) is 3.90. The summed E-state index contributed by atoms with van der Waals surface area (Å²) in [7, 11) is -3.01. The van der Waals surface area contributed by atoms with Gasteiger partial charge in [-0.05, 0) is 5.92 Å². The van der Waals surface area contributed by atoms with Gasteiger partial charge < -0.3 is 15.3 Å². The SMILES string of the molecule is CC(C)C1(O)CN(C(=O)CC2CS(=O)(=O)CCN2)C1. The van der Waals surface area contributed by atoms with Gasteiger partial charge in [-0.25, -0.2) is 8.42 Å². The molecule has 1 unspecified atom stereocenters. The van der Waals surface area contributed by atoms with Gasteiger partial charge in [-0.15, -0.1) is 0 Å². The molecule has 0 spiro atoms. The summed E-state index contributed by atoms with van der Waals surface area (Å²) < 4.78 is 23.0. The summed E-state index contributed by atoms with van der Waals surface area (Å²) in [5.74, 6) is 0.208. The predicted octanol–water partition coefficient (Wildman–Crippen LogP) is -1.01. The lowest BCUT2D eigenvalue weighted by atomic mass is 9.83. The lowest BCUT2D eigenvalue weighted by molar-refractivity contribution is -0.164. The Labute approximate surface area is 114 Å². The van der Waals surface area contributed by atoms with Crippen LogP contribution < -0.4 is 5.32 Å². The quantitative estimate of drug-likeness (QED) is 0.696. The van der Waals surface area contributed by atoms with Crippen molar-refractivity contribution in [3.8, 4) is 0 Å². The maximum absolute atomic E-state index is 12.0. The average molecular weight is 290 g/mol. The molecular formula is C12H22N2O4S. The fraction of sp³-hybridized carbons (Fsp3) is 0.917. The van der Waals surface area contributed by atoms with Gasteiger partial charge in [-0.3, -0.25) is 4.79 Å². The van der Waals surface area contributed by atoms with Gasteiger partial charge in [-0.1, -0.05) is 13.8 Å². The number of rotatable bonds is 3. The first-order valence-electron chi connectivity index (χ1n) is 6.66. The summed E-state index contributed by atoms with van der Waals surface area (Å²) >= 11 is 0. The fourth-order valence-corrected chi connectivity index (χ4v) is 3.94. The largest absolute Gasteiger partial charge is 0.386 e. The van der Waals surface area contributed by atoms with Gasteiger partial charge in [0, 0.05) is 19.0 Å². The lowest BCUT2D eigenvalue weighted by Crippen LogP contribution is -2.66. The van der Waals surface area contributed by atoms with Crippen LogP contribution in [0.5, 0.6) is 0 Å². The van der Waals surface area contributed by atoms with E-state index in [1.165, 1.54) is 0 Å². The molecule has 0 saturated carbocycles. The van der Waals surface area contributed by atoms with E-state index in [0.717, 1.165) is 0 Å². The maximum Gasteiger partial charge on any atom is 0.224 e. The lowest BCUT2D eigenvalue weighted by Gasteiger charge is -2.49. The summed E-state index contributed by atoms with van der Waals surface area (Å²) in [6.07, 6.45) is 0.188. The van der Waals surface area contributed by atoms with Crippen LogP contribution in [0.2, 0.25) is 0 Å². The first kappa shape index (κ1) is 14.7. The molecule has 0 bridgehead atoms. The van der Waals surface area contributed by atoms with Crippen molar-refractivity contribution in [2.75, 3.05) is 31.1 Å². The van der Waals surface area contributed by atoms with Crippen LogP contribution in [0, 0.1) is 5.92 Å². The van der Waals surface area contributed by atoms with Gasteiger partial charge in [-0.2, -0.15) is 0 Å². The van der Waals surface area contributed by atoms with E-state index in [9.17, 15) is 18.3 Å². The summed E-state index contributed by atoms with van der Waals surface area (Å²) in [4.78, 5) is 13.6. The fourth-order valence-electron chi connectivity index (χ4n) is 2.49. The van der Waals surface area contributed by atoms with E-state index in [0.29, 0.717) is 19.6 Å². The van der Waals surface area contributed by atoms with Gasteiger partial charge in [0.25, 0.3) is 0 Å². The number of β-amino-alcohol motifs (C(OH)–C–C–N with tert-alkyl or cyclic N) is 1. The van der Waals surface area contributed by atoms with E-state index in [1.54, 1.807) is 4.90 Å². The average Bonchev–Trinajstić information content (AvgIpc) is 2.22. The first-order valence-corrected chi connectivity index (χ1v) is 8.48. The number of nitrogens with zero attached hydrogens (tertiary/aromatic N) is 1. The van der Waals surface area contributed by atoms with E-state index in [-0.39, 0.29) is 35.8 Å². The molecule has 0 aromatic carbocycles. The highest BCUT2D eigenvalue weighted by molar-refractivity contribution is 7.91. The molecule has 2 heterocycles. The molecule has 1 amide bonds. The number of hydrogen-bond donors (Lipinski definition) is 2. The number of carbonyl (C=O) groups excluding carboxylic acids is 1. The second-order valence-corrected chi connectivity index (χ2v) is 8.21.